The van der Waals surface area contributed by atoms with Gasteiger partial charge in [-0.1, -0.05) is 115 Å². The van der Waals surface area contributed by atoms with E-state index in [2.05, 4.69) is 48.5 Å². The van der Waals surface area contributed by atoms with Gasteiger partial charge in [0.05, 0.1) is 23.6 Å². The van der Waals surface area contributed by atoms with Crippen LogP contribution in [0.4, 0.5) is 0 Å². The van der Waals surface area contributed by atoms with Crippen LogP contribution >= 0.6 is 0 Å². The second-order valence-corrected chi connectivity index (χ2v) is 10.0. The Morgan fingerprint density at radius 3 is 1.64 bits per heavy atom. The Morgan fingerprint density at radius 1 is 0.381 bits per heavy atom. The van der Waals surface area contributed by atoms with Crippen molar-refractivity contribution in [1.29, 1.82) is 0 Å². The van der Waals surface area contributed by atoms with Crippen LogP contribution in [0.15, 0.2) is 134 Å². The Hall–Kier alpha value is -5.88. The second kappa shape index (κ2) is 9.94. The summed E-state index contributed by atoms with van der Waals surface area (Å²) in [6.45, 7) is 0. The maximum Gasteiger partial charge on any atom is 0.184 e. The van der Waals surface area contributed by atoms with Crippen LogP contribution in [0.1, 0.15) is 0 Å². The molecule has 0 fully saturated rings. The molecular formula is C36H22N6. The van der Waals surface area contributed by atoms with Crippen LogP contribution in [0.3, 0.4) is 0 Å². The molecule has 0 spiro atoms. The van der Waals surface area contributed by atoms with Crippen molar-refractivity contribution in [2.24, 2.45) is 0 Å². The Morgan fingerprint density at radius 2 is 0.952 bits per heavy atom. The number of benzene rings is 5. The second-order valence-electron chi connectivity index (χ2n) is 10.0. The van der Waals surface area contributed by atoms with Crippen molar-refractivity contribution in [3.05, 3.63) is 134 Å². The summed E-state index contributed by atoms with van der Waals surface area (Å²) in [4.78, 5) is 29.0. The summed E-state index contributed by atoms with van der Waals surface area (Å²) in [6.07, 6.45) is 3.48. The first-order valence-electron chi connectivity index (χ1n) is 13.7. The monoisotopic (exact) mass is 538 g/mol. The number of pyridine rings is 1. The summed E-state index contributed by atoms with van der Waals surface area (Å²) >= 11 is 0. The Balaban J connectivity index is 1.28. The van der Waals surface area contributed by atoms with Gasteiger partial charge < -0.3 is 0 Å². The standard InChI is InChI=1S/C36H22N6/c1-3-12-24(13-4-1)34-40-35(25-14-5-2-6-15-25)42-36(41-34)31-22-37-30(21-38-31)33-28-20-19-23-11-7-8-16-26(23)32(28)27-17-9-10-18-29(27)39-33/h1-22H. The van der Waals surface area contributed by atoms with Crippen molar-refractivity contribution < 1.29 is 0 Å². The first-order valence-corrected chi connectivity index (χ1v) is 13.7. The van der Waals surface area contributed by atoms with E-state index in [0.717, 1.165) is 38.5 Å². The van der Waals surface area contributed by atoms with E-state index in [9.17, 15) is 0 Å². The minimum Gasteiger partial charge on any atom is -0.251 e. The van der Waals surface area contributed by atoms with Gasteiger partial charge in [0.2, 0.25) is 0 Å². The van der Waals surface area contributed by atoms with Crippen LogP contribution in [-0.4, -0.2) is 29.9 Å². The molecule has 0 bridgehead atoms. The molecule has 0 aliphatic rings. The number of para-hydroxylation sites is 1. The average Bonchev–Trinajstić information content (AvgIpc) is 3.08. The summed E-state index contributed by atoms with van der Waals surface area (Å²) in [5.41, 5.74) is 4.76. The molecule has 0 aliphatic carbocycles. The predicted octanol–water partition coefficient (Wildman–Crippen LogP) is 8.18. The van der Waals surface area contributed by atoms with Crippen LogP contribution in [0.2, 0.25) is 0 Å². The van der Waals surface area contributed by atoms with Crippen molar-refractivity contribution in [2.45, 2.75) is 0 Å². The van der Waals surface area contributed by atoms with Gasteiger partial charge in [-0.25, -0.2) is 24.9 Å². The van der Waals surface area contributed by atoms with Gasteiger partial charge in [-0.2, -0.15) is 0 Å². The molecule has 3 heterocycles. The van der Waals surface area contributed by atoms with E-state index in [1.807, 2.05) is 72.8 Å². The smallest absolute Gasteiger partial charge is 0.184 e. The van der Waals surface area contributed by atoms with Gasteiger partial charge in [0.25, 0.3) is 0 Å². The summed E-state index contributed by atoms with van der Waals surface area (Å²) in [7, 11) is 0. The lowest BCUT2D eigenvalue weighted by molar-refractivity contribution is 1.05. The van der Waals surface area contributed by atoms with Gasteiger partial charge >= 0.3 is 0 Å². The molecule has 196 valence electrons. The molecule has 42 heavy (non-hydrogen) atoms. The molecule has 0 aliphatic heterocycles. The van der Waals surface area contributed by atoms with Gasteiger partial charge in [-0.3, -0.25) is 4.98 Å². The fourth-order valence-electron chi connectivity index (χ4n) is 5.41. The summed E-state index contributed by atoms with van der Waals surface area (Å²) in [6, 6.07) is 40.8. The molecule has 8 aromatic rings. The van der Waals surface area contributed by atoms with Gasteiger partial charge in [-0.05, 0) is 16.8 Å². The number of nitrogens with zero attached hydrogens (tertiary/aromatic N) is 6. The third-order valence-electron chi connectivity index (χ3n) is 7.41. The van der Waals surface area contributed by atoms with Crippen molar-refractivity contribution in [2.75, 3.05) is 0 Å². The zero-order valence-corrected chi connectivity index (χ0v) is 22.4. The van der Waals surface area contributed by atoms with Crippen LogP contribution in [0.5, 0.6) is 0 Å². The molecule has 0 unspecified atom stereocenters. The van der Waals surface area contributed by atoms with Crippen LogP contribution in [0.25, 0.3) is 78.1 Å². The normalized spacial score (nSPS) is 11.3. The Kier molecular flexibility index (Phi) is 5.67. The average molecular weight is 539 g/mol. The van der Waals surface area contributed by atoms with E-state index in [4.69, 9.17) is 29.9 Å². The van der Waals surface area contributed by atoms with Gasteiger partial charge in [-0.15, -0.1) is 0 Å². The van der Waals surface area contributed by atoms with E-state index in [1.165, 1.54) is 10.8 Å². The number of rotatable bonds is 4. The van der Waals surface area contributed by atoms with Crippen molar-refractivity contribution >= 4 is 32.4 Å². The third-order valence-corrected chi connectivity index (χ3v) is 7.41. The number of hydrogen-bond donors (Lipinski definition) is 0. The molecule has 0 radical (unpaired) electrons. The molecule has 0 amide bonds. The van der Waals surface area contributed by atoms with Crippen LogP contribution < -0.4 is 0 Å². The molecule has 0 saturated heterocycles. The fourth-order valence-corrected chi connectivity index (χ4v) is 5.41. The highest BCUT2D eigenvalue weighted by molar-refractivity contribution is 6.22. The van der Waals surface area contributed by atoms with Gasteiger partial charge in [0, 0.05) is 27.3 Å². The van der Waals surface area contributed by atoms with Gasteiger partial charge in [0.15, 0.2) is 17.5 Å². The van der Waals surface area contributed by atoms with E-state index < -0.39 is 0 Å². The van der Waals surface area contributed by atoms with Gasteiger partial charge in [0.1, 0.15) is 11.4 Å². The minimum absolute atomic E-state index is 0.462. The molecule has 0 atom stereocenters. The molecule has 6 heteroatoms. The zero-order chi connectivity index (χ0) is 27.9. The lowest BCUT2D eigenvalue weighted by Gasteiger charge is -2.12. The van der Waals surface area contributed by atoms with E-state index in [0.29, 0.717) is 28.9 Å². The van der Waals surface area contributed by atoms with Crippen LogP contribution in [-0.2, 0) is 0 Å². The highest BCUT2D eigenvalue weighted by Crippen LogP contribution is 2.36. The quantitative estimate of drug-likeness (QED) is 0.210. The van der Waals surface area contributed by atoms with E-state index in [-0.39, 0.29) is 0 Å². The first kappa shape index (κ1) is 24.0. The predicted molar refractivity (Wildman–Crippen MR) is 167 cm³/mol. The summed E-state index contributed by atoms with van der Waals surface area (Å²) in [5.74, 6) is 1.63. The first-order chi connectivity index (χ1) is 20.8. The molecule has 0 saturated carbocycles. The minimum atomic E-state index is 0.462. The topological polar surface area (TPSA) is 77.3 Å². The van der Waals surface area contributed by atoms with Crippen molar-refractivity contribution in [1.82, 2.24) is 29.9 Å². The van der Waals surface area contributed by atoms with Crippen molar-refractivity contribution in [3.63, 3.8) is 0 Å². The van der Waals surface area contributed by atoms with Crippen molar-refractivity contribution in [3.8, 4) is 45.7 Å². The SMILES string of the molecule is c1ccc(-c2nc(-c3ccccc3)nc(-c3cnc(-c4nc5ccccc5c5c4ccc4ccccc45)cn3)n2)cc1. The molecule has 8 rings (SSSR count). The summed E-state index contributed by atoms with van der Waals surface area (Å²) in [5, 5.41) is 5.69. The zero-order valence-electron chi connectivity index (χ0n) is 22.4. The highest BCUT2D eigenvalue weighted by Gasteiger charge is 2.16. The van der Waals surface area contributed by atoms with E-state index in [1.54, 1.807) is 12.4 Å². The molecule has 0 N–H and O–H groups in total. The molecule has 6 nitrogen and oxygen atoms in total. The fraction of sp³-hybridized carbons (Fsp3) is 0. The lowest BCUT2D eigenvalue weighted by Crippen LogP contribution is -2.02. The molecule has 3 aromatic heterocycles. The maximum absolute atomic E-state index is 5.05. The molecular weight excluding hydrogens is 516 g/mol. The van der Waals surface area contributed by atoms with Crippen LogP contribution in [0, 0.1) is 0 Å². The Labute approximate surface area is 241 Å². The highest BCUT2D eigenvalue weighted by atomic mass is 15.0. The lowest BCUT2D eigenvalue weighted by atomic mass is 9.97. The maximum atomic E-state index is 5.05. The van der Waals surface area contributed by atoms with E-state index >= 15 is 0 Å². The summed E-state index contributed by atoms with van der Waals surface area (Å²) < 4.78 is 0. The molecule has 5 aromatic carbocycles. The number of aromatic nitrogens is 6. The Bertz CT molecular complexity index is 2160. The number of hydrogen-bond acceptors (Lipinski definition) is 6. The largest absolute Gasteiger partial charge is 0.251 e. The number of fused-ring (bicyclic) bond motifs is 5. The third kappa shape index (κ3) is 4.14.